The van der Waals surface area contributed by atoms with Crippen molar-refractivity contribution in [2.75, 3.05) is 42.9 Å². The molecule has 0 atom stereocenters. The van der Waals surface area contributed by atoms with Crippen LogP contribution in [0.3, 0.4) is 0 Å². The second-order valence-corrected chi connectivity index (χ2v) is 13.0. The second kappa shape index (κ2) is 11.9. The highest BCUT2D eigenvalue weighted by Gasteiger charge is 2.29. The fourth-order valence-corrected chi connectivity index (χ4v) is 5.91. The van der Waals surface area contributed by atoms with Gasteiger partial charge in [-0.25, -0.2) is 36.9 Å². The third-order valence-electron chi connectivity index (χ3n) is 7.11. The van der Waals surface area contributed by atoms with E-state index in [0.717, 1.165) is 23.1 Å². The predicted molar refractivity (Wildman–Crippen MR) is 161 cm³/mol. The number of hydroxylamine groups is 2. The van der Waals surface area contributed by atoms with Crippen LogP contribution in [0.5, 0.6) is 5.88 Å². The van der Waals surface area contributed by atoms with Crippen molar-refractivity contribution >= 4 is 38.4 Å². The molecule has 44 heavy (non-hydrogen) atoms. The summed E-state index contributed by atoms with van der Waals surface area (Å²) in [4.78, 5) is 32.8. The molecule has 5 rings (SSSR count). The van der Waals surface area contributed by atoms with Gasteiger partial charge in [-0.15, -0.1) is 5.06 Å². The van der Waals surface area contributed by atoms with Crippen molar-refractivity contribution in [3.8, 4) is 17.0 Å². The van der Waals surface area contributed by atoms with Crippen LogP contribution in [-0.2, 0) is 19.7 Å². The Bertz CT molecular complexity index is 1840. The zero-order chi connectivity index (χ0) is 31.8. The third kappa shape index (κ3) is 6.40. The number of hydrogen-bond donors (Lipinski definition) is 1. The molecular weight excluding hydrogens is 594 g/mol. The monoisotopic (exact) mass is 626 g/mol. The highest BCUT2D eigenvalue weighted by atomic mass is 32.2. The summed E-state index contributed by atoms with van der Waals surface area (Å²) in [6.45, 7) is 9.33. The zero-order valence-electron chi connectivity index (χ0n) is 24.9. The number of hydrogen-bond acceptors (Lipinski definition) is 10. The maximum atomic E-state index is 14.3. The van der Waals surface area contributed by atoms with Crippen molar-refractivity contribution in [1.82, 2.24) is 20.0 Å². The Kier molecular flexibility index (Phi) is 8.40. The molecular formula is C30H32F2N6O5S. The van der Waals surface area contributed by atoms with E-state index in [1.807, 2.05) is 19.1 Å². The van der Waals surface area contributed by atoms with E-state index in [9.17, 15) is 22.0 Å². The van der Waals surface area contributed by atoms with Gasteiger partial charge in [0.1, 0.15) is 28.7 Å². The summed E-state index contributed by atoms with van der Waals surface area (Å²) in [6.07, 6.45) is 2.97. The lowest BCUT2D eigenvalue weighted by Gasteiger charge is -2.35. The molecule has 0 radical (unpaired) electrons. The van der Waals surface area contributed by atoms with E-state index in [4.69, 9.17) is 9.57 Å². The molecule has 1 fully saturated rings. The van der Waals surface area contributed by atoms with Crippen LogP contribution < -0.4 is 14.4 Å². The number of aromatic nitrogens is 3. The highest BCUT2D eigenvalue weighted by molar-refractivity contribution is 7.92. The van der Waals surface area contributed by atoms with E-state index in [0.29, 0.717) is 54.7 Å². The lowest BCUT2D eigenvalue weighted by molar-refractivity contribution is -0.201. The average molecular weight is 627 g/mol. The van der Waals surface area contributed by atoms with Crippen LogP contribution in [0.4, 0.5) is 20.3 Å². The van der Waals surface area contributed by atoms with Crippen molar-refractivity contribution in [1.29, 1.82) is 0 Å². The number of anilines is 2. The van der Waals surface area contributed by atoms with Crippen molar-refractivity contribution in [3.63, 3.8) is 0 Å². The molecule has 1 aliphatic heterocycles. The summed E-state index contributed by atoms with van der Waals surface area (Å²) >= 11 is 0. The number of halogens is 2. The Balaban J connectivity index is 1.47. The average Bonchev–Trinajstić information content (AvgIpc) is 2.97. The standard InChI is InChI=1S/C30H32F2N6O5S/c1-18-12-25-22(27(35-17-34-25)37-8-10-38(11-9-37)43-29(39)30(2,3)4)15-21(18)19-13-26(28(42-5)33-16-19)44(40,41)36-24-7-6-20(31)14-23(24)32/h6-7,12-17,36H,8-11H2,1-5H3. The number of fused-ring (bicyclic) bond motifs is 1. The van der Waals surface area contributed by atoms with Gasteiger partial charge in [-0.3, -0.25) is 4.72 Å². The van der Waals surface area contributed by atoms with Gasteiger partial charge in [0.05, 0.1) is 36.8 Å². The molecule has 0 aliphatic carbocycles. The third-order valence-corrected chi connectivity index (χ3v) is 8.47. The molecule has 0 bridgehead atoms. The number of carbonyl (C=O) groups is 1. The smallest absolute Gasteiger partial charge is 0.330 e. The predicted octanol–water partition coefficient (Wildman–Crippen LogP) is 4.71. The topological polar surface area (TPSA) is 127 Å². The molecule has 3 heterocycles. The van der Waals surface area contributed by atoms with E-state index in [1.54, 1.807) is 25.8 Å². The number of nitrogens with one attached hydrogen (secondary N) is 1. The van der Waals surface area contributed by atoms with Crippen molar-refractivity contribution in [3.05, 3.63) is 66.1 Å². The molecule has 2 aromatic carbocycles. The Hall–Kier alpha value is -4.43. The number of pyridine rings is 1. The molecule has 1 N–H and O–H groups in total. The summed E-state index contributed by atoms with van der Waals surface area (Å²) in [7, 11) is -3.13. The van der Waals surface area contributed by atoms with Gasteiger partial charge in [0.2, 0.25) is 5.88 Å². The summed E-state index contributed by atoms with van der Waals surface area (Å²) in [6, 6.07) is 7.66. The van der Waals surface area contributed by atoms with Crippen molar-refractivity contribution in [2.24, 2.45) is 5.41 Å². The van der Waals surface area contributed by atoms with Gasteiger partial charge in [-0.1, -0.05) is 0 Å². The number of benzene rings is 2. The quantitative estimate of drug-likeness (QED) is 0.308. The molecule has 4 aromatic rings. The Labute approximate surface area is 253 Å². The summed E-state index contributed by atoms with van der Waals surface area (Å²) in [5.74, 6) is -1.72. The number of methoxy groups -OCH3 is 1. The molecule has 14 heteroatoms. The van der Waals surface area contributed by atoms with Gasteiger partial charge in [0, 0.05) is 36.3 Å². The van der Waals surface area contributed by atoms with Gasteiger partial charge < -0.3 is 14.5 Å². The van der Waals surface area contributed by atoms with E-state index in [1.165, 1.54) is 25.7 Å². The molecule has 1 saturated heterocycles. The number of sulfonamides is 1. The molecule has 0 unspecified atom stereocenters. The van der Waals surface area contributed by atoms with Crippen LogP contribution in [0.15, 0.2) is 53.8 Å². The molecule has 232 valence electrons. The summed E-state index contributed by atoms with van der Waals surface area (Å²) < 4.78 is 61.7. The molecule has 0 spiro atoms. The number of nitrogens with zero attached hydrogens (tertiary/aromatic N) is 5. The first kappa shape index (κ1) is 31.0. The number of piperazine rings is 1. The van der Waals surface area contributed by atoms with E-state index < -0.39 is 32.8 Å². The molecule has 0 saturated carbocycles. The van der Waals surface area contributed by atoms with Crippen LogP contribution >= 0.6 is 0 Å². The minimum absolute atomic E-state index is 0.198. The number of ether oxygens (including phenoxy) is 1. The molecule has 1 aliphatic rings. The lowest BCUT2D eigenvalue weighted by atomic mass is 9.98. The number of aryl methyl sites for hydroxylation is 1. The fraction of sp³-hybridized carbons (Fsp3) is 0.333. The van der Waals surface area contributed by atoms with Crippen molar-refractivity contribution in [2.45, 2.75) is 32.6 Å². The Morgan fingerprint density at radius 1 is 1.00 bits per heavy atom. The summed E-state index contributed by atoms with van der Waals surface area (Å²) in [5, 5.41) is 2.39. The van der Waals surface area contributed by atoms with Crippen LogP contribution in [0.2, 0.25) is 0 Å². The largest absolute Gasteiger partial charge is 0.480 e. The normalized spacial score (nSPS) is 14.5. The number of carbonyl (C=O) groups excluding carboxylic acids is 1. The van der Waals surface area contributed by atoms with E-state index in [2.05, 4.69) is 24.6 Å². The second-order valence-electron chi connectivity index (χ2n) is 11.4. The minimum Gasteiger partial charge on any atom is -0.480 e. The van der Waals surface area contributed by atoms with Gasteiger partial charge in [-0.2, -0.15) is 0 Å². The Morgan fingerprint density at radius 3 is 2.39 bits per heavy atom. The maximum Gasteiger partial charge on any atom is 0.330 e. The van der Waals surface area contributed by atoms with Crippen molar-refractivity contribution < 1.29 is 31.6 Å². The number of rotatable bonds is 7. The first-order valence-electron chi connectivity index (χ1n) is 13.8. The van der Waals surface area contributed by atoms with Crippen LogP contribution in [0.25, 0.3) is 22.0 Å². The lowest BCUT2D eigenvalue weighted by Crippen LogP contribution is -2.48. The van der Waals surface area contributed by atoms with Crippen LogP contribution in [-0.4, -0.2) is 67.7 Å². The van der Waals surface area contributed by atoms with Crippen LogP contribution in [0.1, 0.15) is 26.3 Å². The Morgan fingerprint density at radius 2 is 1.73 bits per heavy atom. The van der Waals surface area contributed by atoms with Gasteiger partial charge >= 0.3 is 5.97 Å². The first-order chi connectivity index (χ1) is 20.8. The maximum absolute atomic E-state index is 14.3. The summed E-state index contributed by atoms with van der Waals surface area (Å²) in [5.41, 5.74) is 1.59. The van der Waals surface area contributed by atoms with E-state index >= 15 is 0 Å². The molecule has 0 amide bonds. The highest BCUT2D eigenvalue weighted by Crippen LogP contribution is 2.35. The first-order valence-corrected chi connectivity index (χ1v) is 15.2. The SMILES string of the molecule is COc1ncc(-c2cc3c(N4CCN(OC(=O)C(C)(C)C)CC4)ncnc3cc2C)cc1S(=O)(=O)Nc1ccc(F)cc1F. The molecule has 11 nitrogen and oxygen atoms in total. The van der Waals surface area contributed by atoms with Crippen LogP contribution in [0, 0.1) is 24.0 Å². The fourth-order valence-electron chi connectivity index (χ4n) is 4.70. The van der Waals surface area contributed by atoms with Gasteiger partial charge in [0.15, 0.2) is 0 Å². The molecule has 2 aromatic heterocycles. The van der Waals surface area contributed by atoms with Gasteiger partial charge in [-0.05, 0) is 69.2 Å². The van der Waals surface area contributed by atoms with Gasteiger partial charge in [0.25, 0.3) is 10.0 Å². The zero-order valence-corrected chi connectivity index (χ0v) is 25.7. The van der Waals surface area contributed by atoms with E-state index in [-0.39, 0.29) is 16.7 Å². The minimum atomic E-state index is -4.40.